The van der Waals surface area contributed by atoms with E-state index in [4.69, 9.17) is 22.5 Å². The van der Waals surface area contributed by atoms with Gasteiger partial charge in [0.05, 0.1) is 0 Å². The SMILES string of the molecule is CC(C)(C)N(P(Cl)Cl)[Si](F)(c1ccccc1)C(C)(C)C. The summed E-state index contributed by atoms with van der Waals surface area (Å²) in [6, 6.07) is 9.33. The van der Waals surface area contributed by atoms with Gasteiger partial charge in [-0.05, 0) is 26.0 Å². The van der Waals surface area contributed by atoms with Gasteiger partial charge in [0.2, 0.25) is 0 Å². The lowest BCUT2D eigenvalue weighted by Gasteiger charge is -2.49. The fourth-order valence-corrected chi connectivity index (χ4v) is 11.4. The summed E-state index contributed by atoms with van der Waals surface area (Å²) in [5.74, 6) is 0. The Bertz CT molecular complexity index is 445. The minimum absolute atomic E-state index is 0.431. The molecule has 0 saturated carbocycles. The summed E-state index contributed by atoms with van der Waals surface area (Å²) in [5, 5.41) is 0.183. The Labute approximate surface area is 134 Å². The van der Waals surface area contributed by atoms with Crippen molar-refractivity contribution in [3.05, 3.63) is 30.3 Å². The second-order valence-electron chi connectivity index (χ2n) is 6.94. The highest BCUT2D eigenvalue weighted by Gasteiger charge is 2.58. The quantitative estimate of drug-likeness (QED) is 0.370. The van der Waals surface area contributed by atoms with Crippen molar-refractivity contribution in [2.45, 2.75) is 52.1 Å². The van der Waals surface area contributed by atoms with Crippen molar-refractivity contribution in [3.63, 3.8) is 0 Å². The van der Waals surface area contributed by atoms with Gasteiger partial charge in [0, 0.05) is 10.6 Å². The first-order valence-corrected chi connectivity index (χ1v) is 11.5. The fourth-order valence-electron chi connectivity index (χ4n) is 2.33. The van der Waals surface area contributed by atoms with Crippen LogP contribution in [0.15, 0.2) is 30.3 Å². The maximum absolute atomic E-state index is 16.4. The topological polar surface area (TPSA) is 3.24 Å². The Morgan fingerprint density at radius 3 is 1.75 bits per heavy atom. The third-order valence-electron chi connectivity index (χ3n) is 3.23. The summed E-state index contributed by atoms with van der Waals surface area (Å²) >= 11 is 12.4. The molecule has 0 radical (unpaired) electrons. The standard InChI is InChI=1S/C14H23Cl2FNPSi/c1-13(2,3)18(19(15)16)20(17,14(4,5)6)12-10-8-7-9-11-12/h7-11H,1-6H3. The van der Waals surface area contributed by atoms with Crippen LogP contribution in [-0.2, 0) is 0 Å². The van der Waals surface area contributed by atoms with Crippen molar-refractivity contribution in [3.8, 4) is 0 Å². The molecule has 1 atom stereocenters. The van der Waals surface area contributed by atoms with E-state index in [1.807, 2.05) is 71.9 Å². The minimum atomic E-state index is -3.56. The monoisotopic (exact) mass is 353 g/mol. The minimum Gasteiger partial charge on any atom is -0.285 e. The van der Waals surface area contributed by atoms with Gasteiger partial charge in [0.15, 0.2) is 6.78 Å². The molecule has 0 aromatic heterocycles. The van der Waals surface area contributed by atoms with Crippen molar-refractivity contribution < 1.29 is 4.11 Å². The van der Waals surface area contributed by atoms with Gasteiger partial charge in [-0.15, -0.1) is 0 Å². The normalized spacial score (nSPS) is 16.6. The molecule has 1 unspecified atom stereocenters. The van der Waals surface area contributed by atoms with Crippen molar-refractivity contribution in [1.29, 1.82) is 0 Å². The zero-order chi connectivity index (χ0) is 15.8. The average molecular weight is 354 g/mol. The highest BCUT2D eigenvalue weighted by molar-refractivity contribution is 8.03. The molecule has 1 aromatic rings. The van der Waals surface area contributed by atoms with Crippen LogP contribution in [0.3, 0.4) is 0 Å². The summed E-state index contributed by atoms with van der Waals surface area (Å²) in [4.78, 5) is 0. The molecule has 1 aromatic carbocycles. The molecule has 0 spiro atoms. The molecular formula is C14H23Cl2FNPSi. The van der Waals surface area contributed by atoms with Crippen molar-refractivity contribution in [2.24, 2.45) is 0 Å². The van der Waals surface area contributed by atoms with Crippen LogP contribution in [0.5, 0.6) is 0 Å². The highest BCUT2D eigenvalue weighted by Crippen LogP contribution is 2.60. The molecule has 6 heteroatoms. The molecule has 0 N–H and O–H groups in total. The van der Waals surface area contributed by atoms with Crippen molar-refractivity contribution >= 4 is 43.0 Å². The highest BCUT2D eigenvalue weighted by atomic mass is 35.9. The molecule has 0 fully saturated rings. The van der Waals surface area contributed by atoms with Crippen LogP contribution >= 0.6 is 29.3 Å². The number of halogens is 3. The zero-order valence-electron chi connectivity index (χ0n) is 12.9. The van der Waals surface area contributed by atoms with E-state index >= 15 is 4.11 Å². The van der Waals surface area contributed by atoms with Crippen molar-refractivity contribution in [2.75, 3.05) is 0 Å². The van der Waals surface area contributed by atoms with Crippen LogP contribution in [0.25, 0.3) is 0 Å². The first kappa shape index (κ1) is 18.4. The lowest BCUT2D eigenvalue weighted by atomic mass is 10.1. The molecule has 20 heavy (non-hydrogen) atoms. The molecule has 0 saturated heterocycles. The van der Waals surface area contributed by atoms with E-state index in [0.717, 1.165) is 5.19 Å². The number of nitrogens with zero attached hydrogens (tertiary/aromatic N) is 1. The molecule has 114 valence electrons. The van der Waals surface area contributed by atoms with Crippen molar-refractivity contribution in [1.82, 2.24) is 4.34 Å². The molecule has 0 aliphatic heterocycles. The van der Waals surface area contributed by atoms with E-state index in [0.29, 0.717) is 0 Å². The first-order chi connectivity index (χ1) is 8.92. The second kappa shape index (κ2) is 6.22. The zero-order valence-corrected chi connectivity index (χ0v) is 16.3. The summed E-state index contributed by atoms with van der Waals surface area (Å²) in [6.07, 6.45) is 0. The molecule has 0 aliphatic rings. The van der Waals surface area contributed by atoms with Gasteiger partial charge in [-0.2, -0.15) is 0 Å². The van der Waals surface area contributed by atoms with Gasteiger partial charge in [0.25, 0.3) is 0 Å². The smallest absolute Gasteiger partial charge is 0.285 e. The lowest BCUT2D eigenvalue weighted by molar-refractivity contribution is 0.336. The Morgan fingerprint density at radius 2 is 1.45 bits per heavy atom. The summed E-state index contributed by atoms with van der Waals surface area (Å²) in [6.45, 7) is 10.1. The first-order valence-electron chi connectivity index (χ1n) is 6.58. The maximum atomic E-state index is 16.4. The number of hydrogen-bond acceptors (Lipinski definition) is 1. The number of hydrogen-bond donors (Lipinski definition) is 0. The fraction of sp³-hybridized carbons (Fsp3) is 0.571. The second-order valence-corrected chi connectivity index (χ2v) is 14.4. The van der Waals surface area contributed by atoms with E-state index < -0.39 is 25.9 Å². The van der Waals surface area contributed by atoms with Gasteiger partial charge in [-0.1, -0.05) is 73.6 Å². The molecule has 1 nitrogen and oxygen atoms in total. The summed E-state index contributed by atoms with van der Waals surface area (Å²) in [7, 11) is -3.56. The van der Waals surface area contributed by atoms with Crippen LogP contribution in [0.2, 0.25) is 5.04 Å². The third-order valence-corrected chi connectivity index (χ3v) is 11.6. The van der Waals surface area contributed by atoms with Crippen LogP contribution < -0.4 is 5.19 Å². The maximum Gasteiger partial charge on any atom is 0.364 e. The number of rotatable bonds is 3. The van der Waals surface area contributed by atoms with Crippen LogP contribution in [0.4, 0.5) is 4.11 Å². The molecule has 0 heterocycles. The Balaban J connectivity index is 3.54. The van der Waals surface area contributed by atoms with E-state index in [1.54, 1.807) is 4.34 Å². The molecular weight excluding hydrogens is 331 g/mol. The van der Waals surface area contributed by atoms with Gasteiger partial charge in [-0.25, -0.2) is 4.34 Å². The average Bonchev–Trinajstić information content (AvgIpc) is 2.26. The predicted octanol–water partition coefficient (Wildman–Crippen LogP) is 5.91. The van der Waals surface area contributed by atoms with Crippen LogP contribution in [0, 0.1) is 0 Å². The summed E-state index contributed by atoms with van der Waals surface area (Å²) < 4.78 is 18.1. The van der Waals surface area contributed by atoms with Crippen LogP contribution in [0.1, 0.15) is 41.5 Å². The van der Waals surface area contributed by atoms with Gasteiger partial charge < -0.3 is 0 Å². The largest absolute Gasteiger partial charge is 0.364 e. The van der Waals surface area contributed by atoms with Gasteiger partial charge in [-0.3, -0.25) is 4.11 Å². The Morgan fingerprint density at radius 1 is 1.00 bits per heavy atom. The van der Waals surface area contributed by atoms with E-state index in [2.05, 4.69) is 0 Å². The van der Waals surface area contributed by atoms with Gasteiger partial charge >= 0.3 is 8.57 Å². The Hall–Kier alpha value is 0.337. The molecule has 0 aliphatic carbocycles. The van der Waals surface area contributed by atoms with E-state index in [9.17, 15) is 0 Å². The molecule has 0 bridgehead atoms. The molecule has 0 amide bonds. The van der Waals surface area contributed by atoms with E-state index in [1.165, 1.54) is 0 Å². The van der Waals surface area contributed by atoms with Crippen LogP contribution in [-0.4, -0.2) is 18.4 Å². The number of benzene rings is 1. The van der Waals surface area contributed by atoms with Gasteiger partial charge in [0.1, 0.15) is 0 Å². The summed E-state index contributed by atoms with van der Waals surface area (Å²) in [5.41, 5.74) is -0.431. The predicted molar refractivity (Wildman–Crippen MR) is 92.9 cm³/mol. The van der Waals surface area contributed by atoms with E-state index in [-0.39, 0.29) is 0 Å². The lowest BCUT2D eigenvalue weighted by Crippen LogP contribution is -2.66. The molecule has 1 rings (SSSR count). The Kier molecular flexibility index (Phi) is 5.72. The third kappa shape index (κ3) is 3.56.